The molecule has 3 rings (SSSR count). The van der Waals surface area contributed by atoms with E-state index in [2.05, 4.69) is 35.3 Å². The van der Waals surface area contributed by atoms with Crippen molar-refractivity contribution < 1.29 is 9.88 Å². The van der Waals surface area contributed by atoms with Gasteiger partial charge in [0.05, 0.1) is 0 Å². The Bertz CT molecular complexity index is 467. The first kappa shape index (κ1) is 11.9. The molecule has 1 atom stereocenters. The van der Waals surface area contributed by atoms with E-state index in [1.807, 2.05) is 6.21 Å². The third-order valence-electron chi connectivity index (χ3n) is 4.22. The zero-order valence-corrected chi connectivity index (χ0v) is 11.1. The van der Waals surface area contributed by atoms with Crippen LogP contribution in [0.5, 0.6) is 0 Å². The standard InChI is InChI=1S/C14H21BN2O/c1-2-8-16-10-12-5-3-6-13-11-18-15(14(12)13)7-4-9-17-15/h3,5-6,10H,2,4,7-9,11,17H2,1H3. The number of benzene rings is 1. The zero-order chi connectivity index (χ0) is 12.4. The Kier molecular flexibility index (Phi) is 3.23. The molecule has 18 heavy (non-hydrogen) atoms. The van der Waals surface area contributed by atoms with E-state index in [0.29, 0.717) is 0 Å². The molecule has 0 aliphatic carbocycles. The van der Waals surface area contributed by atoms with Crippen LogP contribution < -0.4 is 10.7 Å². The van der Waals surface area contributed by atoms with Crippen LogP contribution in [0.15, 0.2) is 23.2 Å². The molecule has 0 bridgehead atoms. The lowest BCUT2D eigenvalue weighted by atomic mass is 9.45. The summed E-state index contributed by atoms with van der Waals surface area (Å²) in [5.41, 5.74) is 4.08. The second-order valence-electron chi connectivity index (χ2n) is 5.46. The molecule has 0 radical (unpaired) electrons. The van der Waals surface area contributed by atoms with Crippen LogP contribution in [0.2, 0.25) is 6.32 Å². The number of quaternary nitrogens is 1. The van der Waals surface area contributed by atoms with Crippen molar-refractivity contribution in [2.45, 2.75) is 32.7 Å². The quantitative estimate of drug-likeness (QED) is 0.615. The average Bonchev–Trinajstić information content (AvgIpc) is 3.00. The smallest absolute Gasteiger partial charge is 0.361 e. The maximum atomic E-state index is 6.16. The van der Waals surface area contributed by atoms with Crippen molar-refractivity contribution >= 4 is 18.2 Å². The van der Waals surface area contributed by atoms with E-state index >= 15 is 0 Å². The highest BCUT2D eigenvalue weighted by atomic mass is 16.5. The third-order valence-corrected chi connectivity index (χ3v) is 4.22. The number of rotatable bonds is 3. The van der Waals surface area contributed by atoms with Crippen LogP contribution >= 0.6 is 0 Å². The second kappa shape index (κ2) is 4.86. The Labute approximate surface area is 109 Å². The number of fused-ring (bicyclic) bond motifs is 2. The van der Waals surface area contributed by atoms with E-state index in [4.69, 9.17) is 4.65 Å². The van der Waals surface area contributed by atoms with Crippen molar-refractivity contribution in [2.24, 2.45) is 4.99 Å². The summed E-state index contributed by atoms with van der Waals surface area (Å²) in [6.07, 6.45) is 5.60. The maximum absolute atomic E-state index is 6.16. The molecule has 1 unspecified atom stereocenters. The monoisotopic (exact) mass is 244 g/mol. The molecule has 96 valence electrons. The molecule has 2 N–H and O–H groups in total. The van der Waals surface area contributed by atoms with Crippen LogP contribution in [0.3, 0.4) is 0 Å². The molecule has 0 saturated carbocycles. The molecule has 3 nitrogen and oxygen atoms in total. The van der Waals surface area contributed by atoms with Gasteiger partial charge in [-0.25, -0.2) is 0 Å². The Morgan fingerprint density at radius 1 is 1.50 bits per heavy atom. The van der Waals surface area contributed by atoms with Crippen LogP contribution in [0.1, 0.15) is 30.9 Å². The van der Waals surface area contributed by atoms with Gasteiger partial charge in [0.1, 0.15) is 0 Å². The van der Waals surface area contributed by atoms with E-state index in [1.165, 1.54) is 35.9 Å². The predicted octanol–water partition coefficient (Wildman–Crippen LogP) is 0.662. The van der Waals surface area contributed by atoms with Crippen molar-refractivity contribution in [2.75, 3.05) is 13.1 Å². The van der Waals surface area contributed by atoms with Crippen molar-refractivity contribution in [1.82, 2.24) is 0 Å². The molecule has 1 spiro atoms. The zero-order valence-electron chi connectivity index (χ0n) is 11.1. The number of nitrogens with two attached hydrogens (primary N) is 1. The van der Waals surface area contributed by atoms with E-state index in [-0.39, 0.29) is 0 Å². The van der Waals surface area contributed by atoms with Gasteiger partial charge in [0, 0.05) is 25.9 Å². The Morgan fingerprint density at radius 2 is 2.44 bits per heavy atom. The molecule has 1 aromatic carbocycles. The van der Waals surface area contributed by atoms with Gasteiger partial charge in [-0.1, -0.05) is 37.0 Å². The van der Waals surface area contributed by atoms with Crippen molar-refractivity contribution in [3.8, 4) is 0 Å². The number of nitrogens with zero attached hydrogens (tertiary/aromatic N) is 1. The molecule has 0 amide bonds. The summed E-state index contributed by atoms with van der Waals surface area (Å²) >= 11 is 0. The molecule has 2 heterocycles. The van der Waals surface area contributed by atoms with Gasteiger partial charge < -0.3 is 9.88 Å². The van der Waals surface area contributed by atoms with Gasteiger partial charge in [-0.2, -0.15) is 0 Å². The molecule has 1 fully saturated rings. The van der Waals surface area contributed by atoms with E-state index < -0.39 is 6.48 Å². The second-order valence-corrected chi connectivity index (χ2v) is 5.46. The summed E-state index contributed by atoms with van der Waals surface area (Å²) in [7, 11) is 0. The van der Waals surface area contributed by atoms with Crippen LogP contribution in [0.4, 0.5) is 0 Å². The highest BCUT2D eigenvalue weighted by Gasteiger charge is 2.44. The normalized spacial score (nSPS) is 26.3. The fourth-order valence-electron chi connectivity index (χ4n) is 3.42. The maximum Gasteiger partial charge on any atom is 0.361 e. The lowest BCUT2D eigenvalue weighted by Crippen LogP contribution is -3.00. The van der Waals surface area contributed by atoms with Crippen LogP contribution in [0, 0.1) is 0 Å². The van der Waals surface area contributed by atoms with E-state index in [1.54, 1.807) is 0 Å². The molecule has 2 aliphatic rings. The molecule has 1 saturated heterocycles. The summed E-state index contributed by atoms with van der Waals surface area (Å²) in [5.74, 6) is 0. The lowest BCUT2D eigenvalue weighted by Gasteiger charge is -2.27. The molecule has 4 heteroatoms. The van der Waals surface area contributed by atoms with E-state index in [0.717, 1.165) is 19.6 Å². The number of hydrogen-bond acceptors (Lipinski definition) is 2. The summed E-state index contributed by atoms with van der Waals surface area (Å²) in [5, 5.41) is 2.42. The largest absolute Gasteiger partial charge is 0.532 e. The first-order valence-electron chi connectivity index (χ1n) is 7.13. The van der Waals surface area contributed by atoms with Crippen molar-refractivity contribution in [3.63, 3.8) is 0 Å². The van der Waals surface area contributed by atoms with Gasteiger partial charge in [-0.05, 0) is 18.4 Å². The van der Waals surface area contributed by atoms with Crippen LogP contribution in [-0.2, 0) is 11.3 Å². The van der Waals surface area contributed by atoms with Gasteiger partial charge in [-0.3, -0.25) is 4.99 Å². The minimum absolute atomic E-state index is 0.779. The molecule has 1 aromatic rings. The van der Waals surface area contributed by atoms with Gasteiger partial charge in [0.25, 0.3) is 0 Å². The first-order valence-corrected chi connectivity index (χ1v) is 7.13. The fourth-order valence-corrected chi connectivity index (χ4v) is 3.42. The summed E-state index contributed by atoms with van der Waals surface area (Å²) < 4.78 is 6.16. The topological polar surface area (TPSA) is 38.2 Å². The molecular formula is C14H21BN2O. The summed E-state index contributed by atoms with van der Waals surface area (Å²) in [6.45, 7) is 4.21. The predicted molar refractivity (Wildman–Crippen MR) is 75.6 cm³/mol. The first-order chi connectivity index (χ1) is 8.86. The van der Waals surface area contributed by atoms with E-state index in [9.17, 15) is 0 Å². The number of aliphatic imine (C=N–C) groups is 1. The number of hydrogen-bond donors (Lipinski definition) is 1. The van der Waals surface area contributed by atoms with Gasteiger partial charge in [0.2, 0.25) is 0 Å². The van der Waals surface area contributed by atoms with Gasteiger partial charge in [0.15, 0.2) is 0 Å². The highest BCUT2D eigenvalue weighted by molar-refractivity contribution is 6.81. The van der Waals surface area contributed by atoms with Crippen molar-refractivity contribution in [3.05, 3.63) is 29.3 Å². The third kappa shape index (κ3) is 1.89. The minimum atomic E-state index is -0.829. The van der Waals surface area contributed by atoms with Crippen LogP contribution in [-0.4, -0.2) is 25.8 Å². The SMILES string of the molecule is CCCN=Cc1cccc2c1[B-]1(CCC[NH2+]1)OC2. The fraction of sp³-hybridized carbons (Fsp3) is 0.500. The summed E-state index contributed by atoms with van der Waals surface area (Å²) in [4.78, 5) is 4.51. The molecule has 2 aliphatic heterocycles. The van der Waals surface area contributed by atoms with Crippen LogP contribution in [0.25, 0.3) is 0 Å². The lowest BCUT2D eigenvalue weighted by molar-refractivity contribution is -0.530. The Balaban J connectivity index is 1.99. The molecular weight excluding hydrogens is 223 g/mol. The van der Waals surface area contributed by atoms with Crippen molar-refractivity contribution in [1.29, 1.82) is 0 Å². The molecule has 0 aromatic heterocycles. The minimum Gasteiger partial charge on any atom is -0.532 e. The Hall–Kier alpha value is -1.13. The average molecular weight is 244 g/mol. The van der Waals surface area contributed by atoms with Gasteiger partial charge in [-0.15, -0.1) is 5.46 Å². The van der Waals surface area contributed by atoms with Gasteiger partial charge >= 0.3 is 6.48 Å². The highest BCUT2D eigenvalue weighted by Crippen LogP contribution is 2.23. The Morgan fingerprint density at radius 3 is 3.22 bits per heavy atom. The summed E-state index contributed by atoms with van der Waals surface area (Å²) in [6, 6.07) is 6.51.